The number of H-pyrrole nitrogens is 1. The van der Waals surface area contributed by atoms with Crippen LogP contribution < -0.4 is 5.32 Å². The number of thioether (sulfide) groups is 1. The lowest BCUT2D eigenvalue weighted by atomic mass is 10.2. The number of rotatable bonds is 5. The van der Waals surface area contributed by atoms with Crippen LogP contribution in [0.25, 0.3) is 11.3 Å². The van der Waals surface area contributed by atoms with Crippen molar-refractivity contribution in [3.8, 4) is 17.3 Å². The lowest BCUT2D eigenvalue weighted by Crippen LogP contribution is -2.22. The van der Waals surface area contributed by atoms with E-state index in [-0.39, 0.29) is 11.2 Å². The van der Waals surface area contributed by atoms with Crippen LogP contribution in [0.3, 0.4) is 0 Å². The van der Waals surface area contributed by atoms with E-state index >= 15 is 0 Å². The van der Waals surface area contributed by atoms with E-state index < -0.39 is 0 Å². The third-order valence-corrected chi connectivity index (χ3v) is 5.74. The zero-order valence-corrected chi connectivity index (χ0v) is 16.3. The molecule has 3 aromatic rings. The second-order valence-corrected chi connectivity index (χ2v) is 8.29. The molecule has 0 saturated carbocycles. The maximum Gasteiger partial charge on any atom is 0.238 e. The van der Waals surface area contributed by atoms with Crippen molar-refractivity contribution in [2.24, 2.45) is 0 Å². The Labute approximate surface area is 161 Å². The molecule has 2 aromatic heterocycles. The van der Waals surface area contributed by atoms with E-state index in [2.05, 4.69) is 37.3 Å². The van der Waals surface area contributed by atoms with Gasteiger partial charge in [0.15, 0.2) is 5.16 Å². The molecule has 0 aliphatic heterocycles. The molecule has 8 heteroatoms. The van der Waals surface area contributed by atoms with Crippen LogP contribution in [0, 0.1) is 11.3 Å². The van der Waals surface area contributed by atoms with E-state index in [1.807, 2.05) is 31.2 Å². The molecule has 0 saturated heterocycles. The van der Waals surface area contributed by atoms with Gasteiger partial charge in [-0.05, 0) is 36.1 Å². The summed E-state index contributed by atoms with van der Waals surface area (Å²) < 4.78 is 1.01. The molecule has 126 valence electrons. The van der Waals surface area contributed by atoms with Crippen molar-refractivity contribution in [2.45, 2.75) is 17.3 Å². The summed E-state index contributed by atoms with van der Waals surface area (Å²) >= 11 is 6.09. The predicted octanol–water partition coefficient (Wildman–Crippen LogP) is 4.89. The summed E-state index contributed by atoms with van der Waals surface area (Å²) in [6.45, 7) is 1.81. The van der Waals surface area contributed by atoms with Crippen molar-refractivity contribution >= 4 is 49.9 Å². The highest BCUT2D eigenvalue weighted by molar-refractivity contribution is 9.10. The number of aromatic amines is 1. The fourth-order valence-electron chi connectivity index (χ4n) is 2.07. The van der Waals surface area contributed by atoms with E-state index in [1.165, 1.54) is 23.1 Å². The molecule has 2 N–H and O–H groups in total. The number of hydrogen-bond acceptors (Lipinski definition) is 5. The Morgan fingerprint density at radius 2 is 2.16 bits per heavy atom. The Hall–Kier alpha value is -2.08. The van der Waals surface area contributed by atoms with Crippen LogP contribution in [0.15, 0.2) is 51.5 Å². The van der Waals surface area contributed by atoms with E-state index in [0.29, 0.717) is 15.7 Å². The molecule has 0 bridgehead atoms. The zero-order valence-electron chi connectivity index (χ0n) is 13.1. The van der Waals surface area contributed by atoms with Crippen molar-refractivity contribution < 1.29 is 4.79 Å². The SMILES string of the molecule is CC(Sc1ncc(-c2ccc(Br)cc2)[nH]1)C(=O)Nc1sccc1C#N. The molecule has 2 heterocycles. The van der Waals surface area contributed by atoms with Gasteiger partial charge in [0.2, 0.25) is 5.91 Å². The van der Waals surface area contributed by atoms with Gasteiger partial charge in [0.1, 0.15) is 11.1 Å². The molecule has 25 heavy (non-hydrogen) atoms. The molecule has 1 aromatic carbocycles. The molecule has 1 atom stereocenters. The molecule has 1 amide bonds. The van der Waals surface area contributed by atoms with Crippen LogP contribution in [0.2, 0.25) is 0 Å². The Morgan fingerprint density at radius 1 is 1.40 bits per heavy atom. The van der Waals surface area contributed by atoms with Crippen LogP contribution in [0.5, 0.6) is 0 Å². The van der Waals surface area contributed by atoms with Gasteiger partial charge >= 0.3 is 0 Å². The fraction of sp³-hybridized carbons (Fsp3) is 0.118. The maximum atomic E-state index is 12.3. The van der Waals surface area contributed by atoms with Crippen molar-refractivity contribution in [3.05, 3.63) is 51.9 Å². The molecule has 1 unspecified atom stereocenters. The van der Waals surface area contributed by atoms with Gasteiger partial charge in [-0.15, -0.1) is 11.3 Å². The normalized spacial score (nSPS) is 11.7. The number of benzene rings is 1. The Bertz CT molecular complexity index is 927. The summed E-state index contributed by atoms with van der Waals surface area (Å²) in [4.78, 5) is 19.9. The summed E-state index contributed by atoms with van der Waals surface area (Å²) in [7, 11) is 0. The second kappa shape index (κ2) is 7.87. The Kier molecular flexibility index (Phi) is 5.58. The van der Waals surface area contributed by atoms with E-state index in [9.17, 15) is 4.79 Å². The third-order valence-electron chi connectivity index (χ3n) is 3.39. The molecular weight excluding hydrogens is 420 g/mol. The van der Waals surface area contributed by atoms with Gasteiger partial charge in [0.25, 0.3) is 0 Å². The number of imidazole rings is 1. The minimum atomic E-state index is -0.349. The van der Waals surface area contributed by atoms with Crippen molar-refractivity contribution in [2.75, 3.05) is 5.32 Å². The zero-order chi connectivity index (χ0) is 17.8. The maximum absolute atomic E-state index is 12.3. The number of thiophene rings is 1. The van der Waals surface area contributed by atoms with Gasteiger partial charge in [-0.2, -0.15) is 5.26 Å². The topological polar surface area (TPSA) is 81.6 Å². The summed E-state index contributed by atoms with van der Waals surface area (Å²) in [5.74, 6) is -0.162. The van der Waals surface area contributed by atoms with Crippen LogP contribution in [0.4, 0.5) is 5.00 Å². The lowest BCUT2D eigenvalue weighted by molar-refractivity contribution is -0.115. The first-order valence-corrected chi connectivity index (χ1v) is 9.88. The lowest BCUT2D eigenvalue weighted by Gasteiger charge is -2.09. The molecule has 0 aliphatic carbocycles. The highest BCUT2D eigenvalue weighted by atomic mass is 79.9. The largest absolute Gasteiger partial charge is 0.333 e. The minimum absolute atomic E-state index is 0.162. The molecule has 0 spiro atoms. The standard InChI is InChI=1S/C17H13BrN4OS2/c1-10(15(23)22-16-12(8-19)6-7-24-16)25-17-20-9-14(21-17)11-2-4-13(18)5-3-11/h2-7,9-10H,1H3,(H,20,21)(H,22,23). The average Bonchev–Trinajstić information content (AvgIpc) is 3.24. The van der Waals surface area contributed by atoms with Crippen molar-refractivity contribution in [3.63, 3.8) is 0 Å². The summed E-state index contributed by atoms with van der Waals surface area (Å²) in [6, 6.07) is 11.7. The fourth-order valence-corrected chi connectivity index (χ4v) is 3.86. The van der Waals surface area contributed by atoms with Gasteiger partial charge in [0, 0.05) is 4.47 Å². The summed E-state index contributed by atoms with van der Waals surface area (Å²) in [5.41, 5.74) is 2.40. The number of anilines is 1. The van der Waals surface area contributed by atoms with Gasteiger partial charge in [0.05, 0.1) is 22.7 Å². The van der Waals surface area contributed by atoms with Crippen LogP contribution in [-0.4, -0.2) is 21.1 Å². The minimum Gasteiger partial charge on any atom is -0.333 e. The van der Waals surface area contributed by atoms with Gasteiger partial charge in [-0.25, -0.2) is 4.98 Å². The van der Waals surface area contributed by atoms with Crippen LogP contribution in [0.1, 0.15) is 12.5 Å². The predicted molar refractivity (Wildman–Crippen MR) is 105 cm³/mol. The first kappa shape index (κ1) is 17.7. The first-order chi connectivity index (χ1) is 12.1. The number of carbonyl (C=O) groups is 1. The number of halogens is 1. The second-order valence-electron chi connectivity index (χ2n) is 5.13. The first-order valence-electron chi connectivity index (χ1n) is 7.33. The molecule has 3 rings (SSSR count). The van der Waals surface area contributed by atoms with E-state index in [1.54, 1.807) is 17.6 Å². The van der Waals surface area contributed by atoms with E-state index in [4.69, 9.17) is 5.26 Å². The number of amides is 1. The number of nitrogens with one attached hydrogen (secondary N) is 2. The number of nitrogens with zero attached hydrogens (tertiary/aromatic N) is 2. The Balaban J connectivity index is 1.65. The van der Waals surface area contributed by atoms with Crippen LogP contribution >= 0.6 is 39.0 Å². The van der Waals surface area contributed by atoms with Gasteiger partial charge in [-0.1, -0.05) is 39.8 Å². The van der Waals surface area contributed by atoms with Gasteiger partial charge < -0.3 is 10.3 Å². The highest BCUT2D eigenvalue weighted by Crippen LogP contribution is 2.27. The third kappa shape index (κ3) is 4.31. The smallest absolute Gasteiger partial charge is 0.238 e. The monoisotopic (exact) mass is 432 g/mol. The quantitative estimate of drug-likeness (QED) is 0.562. The molecule has 0 radical (unpaired) electrons. The molecule has 0 aliphatic rings. The van der Waals surface area contributed by atoms with Crippen LogP contribution in [-0.2, 0) is 4.79 Å². The van der Waals surface area contributed by atoms with Crippen molar-refractivity contribution in [1.82, 2.24) is 9.97 Å². The number of carbonyl (C=O) groups excluding carboxylic acids is 1. The molecule has 0 fully saturated rings. The number of hydrogen-bond donors (Lipinski definition) is 2. The summed E-state index contributed by atoms with van der Waals surface area (Å²) in [5, 5.41) is 14.5. The number of nitriles is 1. The number of aromatic nitrogens is 2. The van der Waals surface area contributed by atoms with E-state index in [0.717, 1.165) is 15.7 Å². The highest BCUT2D eigenvalue weighted by Gasteiger charge is 2.18. The summed E-state index contributed by atoms with van der Waals surface area (Å²) in [6.07, 6.45) is 1.75. The Morgan fingerprint density at radius 3 is 2.88 bits per heavy atom. The average molecular weight is 433 g/mol. The van der Waals surface area contributed by atoms with Crippen molar-refractivity contribution in [1.29, 1.82) is 5.26 Å². The molecule has 5 nitrogen and oxygen atoms in total. The van der Waals surface area contributed by atoms with Gasteiger partial charge in [-0.3, -0.25) is 4.79 Å². The molecular formula is C17H13BrN4OS2.